The van der Waals surface area contributed by atoms with Crippen LogP contribution in [0, 0.1) is 0 Å². The molecular formula is C12H9NO3. The lowest BCUT2D eigenvalue weighted by molar-refractivity contribution is 0.102. The van der Waals surface area contributed by atoms with Crippen LogP contribution in [0.4, 0.5) is 5.69 Å². The maximum atomic E-state index is 11.7. The zero-order valence-corrected chi connectivity index (χ0v) is 8.34. The first-order chi connectivity index (χ1) is 7.77. The van der Waals surface area contributed by atoms with Crippen molar-refractivity contribution < 1.29 is 9.21 Å². The Hall–Kier alpha value is -2.36. The van der Waals surface area contributed by atoms with Crippen molar-refractivity contribution in [3.05, 3.63) is 64.7 Å². The van der Waals surface area contributed by atoms with Gasteiger partial charge in [-0.2, -0.15) is 0 Å². The number of nitrogens with one attached hydrogen (secondary N) is 1. The Bertz CT molecular complexity index is 545. The van der Waals surface area contributed by atoms with E-state index in [1.165, 1.54) is 12.3 Å². The van der Waals surface area contributed by atoms with Crippen LogP contribution < -0.4 is 10.9 Å². The fourth-order valence-corrected chi connectivity index (χ4v) is 1.24. The molecule has 4 heteroatoms. The summed E-state index contributed by atoms with van der Waals surface area (Å²) in [5.41, 5.74) is 0.0638. The third-order valence-corrected chi connectivity index (χ3v) is 2.02. The molecule has 0 spiro atoms. The average Bonchev–Trinajstić information content (AvgIpc) is 2.33. The number of benzene rings is 1. The average molecular weight is 215 g/mol. The SMILES string of the molecule is O=C(Nc1cccoc1=O)c1ccccc1. The molecule has 4 nitrogen and oxygen atoms in total. The lowest BCUT2D eigenvalue weighted by atomic mass is 10.2. The van der Waals surface area contributed by atoms with Crippen LogP contribution in [0.5, 0.6) is 0 Å². The van der Waals surface area contributed by atoms with E-state index < -0.39 is 5.63 Å². The highest BCUT2D eigenvalue weighted by atomic mass is 16.4. The van der Waals surface area contributed by atoms with Crippen molar-refractivity contribution >= 4 is 11.6 Å². The molecule has 1 aromatic carbocycles. The predicted molar refractivity (Wildman–Crippen MR) is 59.4 cm³/mol. The minimum atomic E-state index is -0.563. The Balaban J connectivity index is 2.21. The molecule has 2 aromatic rings. The van der Waals surface area contributed by atoms with Crippen molar-refractivity contribution in [3.63, 3.8) is 0 Å². The van der Waals surface area contributed by atoms with E-state index in [9.17, 15) is 9.59 Å². The molecule has 16 heavy (non-hydrogen) atoms. The lowest BCUT2D eigenvalue weighted by Gasteiger charge is -2.02. The summed E-state index contributed by atoms with van der Waals surface area (Å²) in [6.07, 6.45) is 1.26. The number of hydrogen-bond donors (Lipinski definition) is 1. The number of amides is 1. The van der Waals surface area contributed by atoms with E-state index in [0.717, 1.165) is 0 Å². The molecule has 0 aliphatic heterocycles. The minimum absolute atomic E-state index is 0.136. The van der Waals surface area contributed by atoms with Gasteiger partial charge in [-0.15, -0.1) is 0 Å². The maximum Gasteiger partial charge on any atom is 0.359 e. The van der Waals surface area contributed by atoms with Gasteiger partial charge in [0, 0.05) is 5.56 Å². The first-order valence-electron chi connectivity index (χ1n) is 4.71. The van der Waals surface area contributed by atoms with Gasteiger partial charge in [0.2, 0.25) is 0 Å². The quantitative estimate of drug-likeness (QED) is 0.832. The molecular weight excluding hydrogens is 206 g/mol. The van der Waals surface area contributed by atoms with Crippen molar-refractivity contribution in [2.75, 3.05) is 5.32 Å². The molecule has 1 amide bonds. The van der Waals surface area contributed by atoms with Gasteiger partial charge in [-0.3, -0.25) is 4.79 Å². The van der Waals surface area contributed by atoms with Gasteiger partial charge in [0.05, 0.1) is 6.26 Å². The molecule has 0 fully saturated rings. The van der Waals surface area contributed by atoms with Gasteiger partial charge in [-0.05, 0) is 24.3 Å². The molecule has 0 aliphatic carbocycles. The van der Waals surface area contributed by atoms with E-state index in [-0.39, 0.29) is 11.6 Å². The number of carbonyl (C=O) groups is 1. The van der Waals surface area contributed by atoms with E-state index in [1.807, 2.05) is 6.07 Å². The summed E-state index contributed by atoms with van der Waals surface area (Å²) in [5, 5.41) is 2.48. The Labute approximate surface area is 91.5 Å². The summed E-state index contributed by atoms with van der Waals surface area (Å²) in [5.74, 6) is -0.334. The highest BCUT2D eigenvalue weighted by Gasteiger charge is 2.07. The van der Waals surface area contributed by atoms with Crippen molar-refractivity contribution in [1.29, 1.82) is 0 Å². The number of anilines is 1. The van der Waals surface area contributed by atoms with Gasteiger partial charge in [0.15, 0.2) is 0 Å². The van der Waals surface area contributed by atoms with Gasteiger partial charge in [-0.1, -0.05) is 18.2 Å². The Kier molecular flexibility index (Phi) is 2.82. The van der Waals surface area contributed by atoms with Crippen LogP contribution in [-0.2, 0) is 0 Å². The molecule has 0 atom stereocenters. The fraction of sp³-hybridized carbons (Fsp3) is 0. The van der Waals surface area contributed by atoms with Gasteiger partial charge in [-0.25, -0.2) is 4.79 Å². The first kappa shape index (κ1) is 10.2. The number of hydrogen-bond acceptors (Lipinski definition) is 3. The van der Waals surface area contributed by atoms with Gasteiger partial charge in [0.1, 0.15) is 5.69 Å². The van der Waals surface area contributed by atoms with Gasteiger partial charge < -0.3 is 9.73 Å². The minimum Gasteiger partial charge on any atom is -0.430 e. The molecule has 0 radical (unpaired) electrons. The third kappa shape index (κ3) is 2.17. The number of rotatable bonds is 2. The Morgan fingerprint density at radius 3 is 2.50 bits per heavy atom. The second-order valence-electron chi connectivity index (χ2n) is 3.13. The van der Waals surface area contributed by atoms with Crippen LogP contribution >= 0.6 is 0 Å². The van der Waals surface area contributed by atoms with Crippen molar-refractivity contribution in [3.8, 4) is 0 Å². The van der Waals surface area contributed by atoms with Crippen LogP contribution in [-0.4, -0.2) is 5.91 Å². The molecule has 1 aromatic heterocycles. The summed E-state index contributed by atoms with van der Waals surface area (Å²) in [6, 6.07) is 11.7. The molecule has 0 saturated heterocycles. The number of carbonyl (C=O) groups excluding carboxylic acids is 1. The molecule has 1 heterocycles. The van der Waals surface area contributed by atoms with E-state index in [1.54, 1.807) is 30.3 Å². The molecule has 0 aliphatic rings. The van der Waals surface area contributed by atoms with Crippen LogP contribution in [0.1, 0.15) is 10.4 Å². The summed E-state index contributed by atoms with van der Waals surface area (Å²) in [6.45, 7) is 0. The summed E-state index contributed by atoms with van der Waals surface area (Å²) in [4.78, 5) is 22.9. The Morgan fingerprint density at radius 1 is 1.06 bits per heavy atom. The maximum absolute atomic E-state index is 11.7. The highest BCUT2D eigenvalue weighted by Crippen LogP contribution is 2.04. The first-order valence-corrected chi connectivity index (χ1v) is 4.71. The third-order valence-electron chi connectivity index (χ3n) is 2.02. The van der Waals surface area contributed by atoms with E-state index in [0.29, 0.717) is 5.56 Å². The molecule has 1 N–H and O–H groups in total. The molecule has 0 saturated carbocycles. The van der Waals surface area contributed by atoms with Crippen LogP contribution in [0.3, 0.4) is 0 Å². The standard InChI is InChI=1S/C12H9NO3/c14-11(9-5-2-1-3-6-9)13-10-7-4-8-16-12(10)15/h1-8H,(H,13,14). The van der Waals surface area contributed by atoms with Crippen molar-refractivity contribution in [2.45, 2.75) is 0 Å². The van der Waals surface area contributed by atoms with E-state index in [4.69, 9.17) is 0 Å². The zero-order chi connectivity index (χ0) is 11.4. The highest BCUT2D eigenvalue weighted by molar-refractivity contribution is 6.04. The van der Waals surface area contributed by atoms with Gasteiger partial charge in [0.25, 0.3) is 5.91 Å². The van der Waals surface area contributed by atoms with E-state index in [2.05, 4.69) is 9.73 Å². The van der Waals surface area contributed by atoms with Crippen LogP contribution in [0.25, 0.3) is 0 Å². The molecule has 2 rings (SSSR count). The Morgan fingerprint density at radius 2 is 1.81 bits per heavy atom. The van der Waals surface area contributed by atoms with Crippen LogP contribution in [0.2, 0.25) is 0 Å². The molecule has 0 unspecified atom stereocenters. The second kappa shape index (κ2) is 4.44. The largest absolute Gasteiger partial charge is 0.430 e. The zero-order valence-electron chi connectivity index (χ0n) is 8.34. The smallest absolute Gasteiger partial charge is 0.359 e. The molecule has 0 bridgehead atoms. The topological polar surface area (TPSA) is 59.3 Å². The van der Waals surface area contributed by atoms with Crippen LogP contribution in [0.15, 0.2) is 57.9 Å². The summed E-state index contributed by atoms with van der Waals surface area (Å²) < 4.78 is 4.62. The van der Waals surface area contributed by atoms with Crippen molar-refractivity contribution in [1.82, 2.24) is 0 Å². The summed E-state index contributed by atoms with van der Waals surface area (Å²) in [7, 11) is 0. The van der Waals surface area contributed by atoms with Crippen molar-refractivity contribution in [2.24, 2.45) is 0 Å². The lowest BCUT2D eigenvalue weighted by Crippen LogP contribution is -2.17. The normalized spacial score (nSPS) is 9.75. The second-order valence-corrected chi connectivity index (χ2v) is 3.13. The van der Waals surface area contributed by atoms with Gasteiger partial charge >= 0.3 is 5.63 Å². The fourth-order valence-electron chi connectivity index (χ4n) is 1.24. The summed E-state index contributed by atoms with van der Waals surface area (Å²) >= 11 is 0. The molecule has 80 valence electrons. The van der Waals surface area contributed by atoms with E-state index >= 15 is 0 Å². The predicted octanol–water partition coefficient (Wildman–Crippen LogP) is 1.89. The monoisotopic (exact) mass is 215 g/mol.